The second-order valence-corrected chi connectivity index (χ2v) is 6.27. The van der Waals surface area contributed by atoms with E-state index in [2.05, 4.69) is 22.0 Å². The van der Waals surface area contributed by atoms with Crippen LogP contribution in [0.2, 0.25) is 0 Å². The van der Waals surface area contributed by atoms with Gasteiger partial charge in [0.25, 0.3) is 5.91 Å². The van der Waals surface area contributed by atoms with Crippen LogP contribution in [-0.2, 0) is 0 Å². The zero-order valence-electron chi connectivity index (χ0n) is 12.5. The summed E-state index contributed by atoms with van der Waals surface area (Å²) in [7, 11) is 1.66. The first-order chi connectivity index (χ1) is 10.7. The summed E-state index contributed by atoms with van der Waals surface area (Å²) in [4.78, 5) is 14.8. The van der Waals surface area contributed by atoms with Crippen LogP contribution in [0.15, 0.2) is 53.0 Å². The van der Waals surface area contributed by atoms with Crippen LogP contribution < -0.4 is 4.74 Å². The lowest BCUT2D eigenvalue weighted by molar-refractivity contribution is 0.0734. The fraction of sp³-hybridized carbons (Fsp3) is 0.278. The lowest BCUT2D eigenvalue weighted by atomic mass is 10.0. The highest BCUT2D eigenvalue weighted by Gasteiger charge is 2.31. The van der Waals surface area contributed by atoms with Gasteiger partial charge in [-0.3, -0.25) is 4.79 Å². The first-order valence-electron chi connectivity index (χ1n) is 7.40. The highest BCUT2D eigenvalue weighted by atomic mass is 79.9. The van der Waals surface area contributed by atoms with Gasteiger partial charge in [0.15, 0.2) is 0 Å². The maximum absolute atomic E-state index is 12.9. The number of carbonyl (C=O) groups excluding carboxylic acids is 1. The number of rotatable bonds is 3. The Labute approximate surface area is 139 Å². The number of carbonyl (C=O) groups is 1. The molecule has 1 amide bonds. The number of hydrogen-bond donors (Lipinski definition) is 0. The van der Waals surface area contributed by atoms with E-state index in [9.17, 15) is 4.79 Å². The molecule has 0 aliphatic carbocycles. The SMILES string of the molecule is COc1cccc(C2CCCN2C(=O)c2ccccc2Br)c1. The van der Waals surface area contributed by atoms with Gasteiger partial charge < -0.3 is 9.64 Å². The Morgan fingerprint density at radius 3 is 2.82 bits per heavy atom. The number of hydrogen-bond acceptors (Lipinski definition) is 2. The van der Waals surface area contributed by atoms with Gasteiger partial charge in [-0.25, -0.2) is 0 Å². The van der Waals surface area contributed by atoms with Gasteiger partial charge in [-0.1, -0.05) is 24.3 Å². The average molecular weight is 360 g/mol. The Balaban J connectivity index is 1.90. The third kappa shape index (κ3) is 2.88. The van der Waals surface area contributed by atoms with Crippen LogP contribution in [-0.4, -0.2) is 24.5 Å². The van der Waals surface area contributed by atoms with E-state index in [1.165, 1.54) is 0 Å². The third-order valence-electron chi connectivity index (χ3n) is 4.10. The maximum atomic E-state index is 12.9. The molecule has 0 N–H and O–H groups in total. The molecule has 1 aliphatic rings. The van der Waals surface area contributed by atoms with E-state index in [1.54, 1.807) is 7.11 Å². The van der Waals surface area contributed by atoms with Crippen molar-refractivity contribution in [3.05, 3.63) is 64.1 Å². The van der Waals surface area contributed by atoms with Gasteiger partial charge >= 0.3 is 0 Å². The van der Waals surface area contributed by atoms with Crippen LogP contribution in [0.5, 0.6) is 5.75 Å². The van der Waals surface area contributed by atoms with Crippen molar-refractivity contribution in [3.8, 4) is 5.75 Å². The molecule has 0 aromatic heterocycles. The van der Waals surface area contributed by atoms with Crippen molar-refractivity contribution in [3.63, 3.8) is 0 Å². The molecule has 114 valence electrons. The topological polar surface area (TPSA) is 29.5 Å². The van der Waals surface area contributed by atoms with E-state index in [4.69, 9.17) is 4.74 Å². The molecule has 0 spiro atoms. The Morgan fingerprint density at radius 1 is 1.23 bits per heavy atom. The third-order valence-corrected chi connectivity index (χ3v) is 4.79. The summed E-state index contributed by atoms with van der Waals surface area (Å²) in [5.41, 5.74) is 1.86. The molecule has 0 saturated carbocycles. The average Bonchev–Trinajstić information content (AvgIpc) is 3.04. The van der Waals surface area contributed by atoms with Crippen LogP contribution in [0.1, 0.15) is 34.8 Å². The first kappa shape index (κ1) is 15.1. The summed E-state index contributed by atoms with van der Waals surface area (Å²) in [6.07, 6.45) is 2.02. The Morgan fingerprint density at radius 2 is 2.05 bits per heavy atom. The molecule has 1 fully saturated rings. The number of methoxy groups -OCH3 is 1. The minimum absolute atomic E-state index is 0.0813. The first-order valence-corrected chi connectivity index (χ1v) is 8.19. The quantitative estimate of drug-likeness (QED) is 0.810. The smallest absolute Gasteiger partial charge is 0.255 e. The molecule has 1 saturated heterocycles. The van der Waals surface area contributed by atoms with Crippen molar-refractivity contribution in [2.24, 2.45) is 0 Å². The van der Waals surface area contributed by atoms with Crippen LogP contribution in [0.3, 0.4) is 0 Å². The van der Waals surface area contributed by atoms with Gasteiger partial charge in [0, 0.05) is 11.0 Å². The summed E-state index contributed by atoms with van der Waals surface area (Å²) in [6.45, 7) is 0.794. The van der Waals surface area contributed by atoms with E-state index >= 15 is 0 Å². The fourth-order valence-corrected chi connectivity index (χ4v) is 3.45. The predicted molar refractivity (Wildman–Crippen MR) is 90.1 cm³/mol. The highest BCUT2D eigenvalue weighted by Crippen LogP contribution is 2.35. The molecular weight excluding hydrogens is 342 g/mol. The molecule has 3 nitrogen and oxygen atoms in total. The van der Waals surface area contributed by atoms with Gasteiger partial charge in [0.1, 0.15) is 5.75 Å². The van der Waals surface area contributed by atoms with Crippen LogP contribution in [0.4, 0.5) is 0 Å². The summed E-state index contributed by atoms with van der Waals surface area (Å²) < 4.78 is 6.15. The zero-order chi connectivity index (χ0) is 15.5. The summed E-state index contributed by atoms with van der Waals surface area (Å²) in [5, 5.41) is 0. The molecule has 2 aromatic carbocycles. The standard InChI is InChI=1S/C18H18BrNO2/c1-22-14-7-4-6-13(12-14)17-10-5-11-20(17)18(21)15-8-2-3-9-16(15)19/h2-4,6-9,12,17H,5,10-11H2,1H3. The van der Waals surface area contributed by atoms with E-state index in [0.29, 0.717) is 0 Å². The molecule has 0 bridgehead atoms. The minimum atomic E-state index is 0.0813. The van der Waals surface area contributed by atoms with E-state index in [0.717, 1.165) is 40.7 Å². The largest absolute Gasteiger partial charge is 0.497 e. The molecule has 0 radical (unpaired) electrons. The number of nitrogens with zero attached hydrogens (tertiary/aromatic N) is 1. The van der Waals surface area contributed by atoms with Gasteiger partial charge in [0.2, 0.25) is 0 Å². The van der Waals surface area contributed by atoms with E-state index in [-0.39, 0.29) is 11.9 Å². The molecule has 2 aromatic rings. The highest BCUT2D eigenvalue weighted by molar-refractivity contribution is 9.10. The zero-order valence-corrected chi connectivity index (χ0v) is 14.0. The Kier molecular flexibility index (Phi) is 4.48. The van der Waals surface area contributed by atoms with E-state index in [1.807, 2.05) is 47.4 Å². The second-order valence-electron chi connectivity index (χ2n) is 5.41. The monoisotopic (exact) mass is 359 g/mol. The number of likely N-dealkylation sites (tertiary alicyclic amines) is 1. The Bertz CT molecular complexity index is 686. The number of benzene rings is 2. The molecule has 1 unspecified atom stereocenters. The lowest BCUT2D eigenvalue weighted by Gasteiger charge is -2.26. The summed E-state index contributed by atoms with van der Waals surface area (Å²) in [6, 6.07) is 15.7. The van der Waals surface area contributed by atoms with Crippen molar-refractivity contribution >= 4 is 21.8 Å². The summed E-state index contributed by atoms with van der Waals surface area (Å²) in [5.74, 6) is 0.912. The molecule has 1 atom stereocenters. The second kappa shape index (κ2) is 6.53. The Hall–Kier alpha value is -1.81. The molecule has 1 aliphatic heterocycles. The van der Waals surface area contributed by atoms with Gasteiger partial charge in [0.05, 0.1) is 18.7 Å². The van der Waals surface area contributed by atoms with Crippen LogP contribution in [0.25, 0.3) is 0 Å². The summed E-state index contributed by atoms with van der Waals surface area (Å²) >= 11 is 3.48. The van der Waals surface area contributed by atoms with Crippen molar-refractivity contribution in [2.75, 3.05) is 13.7 Å². The van der Waals surface area contributed by atoms with E-state index < -0.39 is 0 Å². The molecule has 3 rings (SSSR count). The van der Waals surface area contributed by atoms with Crippen molar-refractivity contribution in [2.45, 2.75) is 18.9 Å². The van der Waals surface area contributed by atoms with Crippen molar-refractivity contribution in [1.29, 1.82) is 0 Å². The molecule has 22 heavy (non-hydrogen) atoms. The van der Waals surface area contributed by atoms with Gasteiger partial charge in [-0.2, -0.15) is 0 Å². The molecule has 1 heterocycles. The molecular formula is C18H18BrNO2. The van der Waals surface area contributed by atoms with Gasteiger partial charge in [-0.05, 0) is 58.6 Å². The maximum Gasteiger partial charge on any atom is 0.255 e. The minimum Gasteiger partial charge on any atom is -0.497 e. The van der Waals surface area contributed by atoms with Gasteiger partial charge in [-0.15, -0.1) is 0 Å². The molecule has 4 heteroatoms. The predicted octanol–water partition coefficient (Wildman–Crippen LogP) is 4.44. The van der Waals surface area contributed by atoms with Crippen LogP contribution >= 0.6 is 15.9 Å². The fourth-order valence-electron chi connectivity index (χ4n) is 2.99. The van der Waals surface area contributed by atoms with Crippen molar-refractivity contribution in [1.82, 2.24) is 4.90 Å². The van der Waals surface area contributed by atoms with Crippen molar-refractivity contribution < 1.29 is 9.53 Å². The van der Waals surface area contributed by atoms with Crippen LogP contribution in [0, 0.1) is 0 Å². The lowest BCUT2D eigenvalue weighted by Crippen LogP contribution is -2.30. The number of halogens is 1. The number of ether oxygens (including phenoxy) is 1. The number of amides is 1. The normalized spacial score (nSPS) is 17.5.